The zero-order valence-corrected chi connectivity index (χ0v) is 13.3. The lowest BCUT2D eigenvalue weighted by atomic mass is 9.87. The van der Waals surface area contributed by atoms with E-state index in [1.807, 2.05) is 43.3 Å². The van der Waals surface area contributed by atoms with Crippen LogP contribution in [0.15, 0.2) is 36.0 Å². The van der Waals surface area contributed by atoms with Gasteiger partial charge in [-0.15, -0.1) is 0 Å². The molecule has 4 nitrogen and oxygen atoms in total. The molecule has 110 valence electrons. The minimum absolute atomic E-state index is 0.0425. The van der Waals surface area contributed by atoms with Crippen molar-refractivity contribution in [1.29, 1.82) is 0 Å². The van der Waals surface area contributed by atoms with E-state index in [4.69, 9.17) is 12.2 Å². The van der Waals surface area contributed by atoms with Gasteiger partial charge in [0.05, 0.1) is 5.70 Å². The van der Waals surface area contributed by atoms with Crippen LogP contribution in [0.25, 0.3) is 0 Å². The lowest BCUT2D eigenvalue weighted by molar-refractivity contribution is -0.124. The normalized spacial score (nSPS) is 26.0. The molecule has 21 heavy (non-hydrogen) atoms. The molecule has 1 fully saturated rings. The van der Waals surface area contributed by atoms with Crippen LogP contribution in [0.4, 0.5) is 5.69 Å². The second-order valence-corrected chi connectivity index (χ2v) is 5.87. The van der Waals surface area contributed by atoms with Gasteiger partial charge in [-0.2, -0.15) is 0 Å². The number of hydrogen-bond acceptors (Lipinski definition) is 2. The largest absolute Gasteiger partial charge is 0.333 e. The summed E-state index contributed by atoms with van der Waals surface area (Å²) in [5, 5.41) is 3.83. The van der Waals surface area contributed by atoms with E-state index < -0.39 is 5.54 Å². The molecule has 1 unspecified atom stereocenters. The lowest BCUT2D eigenvalue weighted by Gasteiger charge is -2.31. The molecule has 2 heterocycles. The standard InChI is InChI=1S/C16H19N3OS/c1-4-5-10-13-16(19(3)15(21)17-13)11-8-6-7-9-12(11)18(2)14(16)20/h6-10H,4-5H2,1-3H3,(H,17,21)/b13-10-. The summed E-state index contributed by atoms with van der Waals surface area (Å²) in [7, 11) is 3.71. The van der Waals surface area contributed by atoms with Crippen molar-refractivity contribution in [3.05, 3.63) is 41.6 Å². The first kappa shape index (κ1) is 14.1. The zero-order valence-electron chi connectivity index (χ0n) is 12.5. The van der Waals surface area contributed by atoms with Crippen LogP contribution in [-0.4, -0.2) is 30.0 Å². The number of para-hydroxylation sites is 1. The van der Waals surface area contributed by atoms with Gasteiger partial charge in [0, 0.05) is 25.3 Å². The maximum Gasteiger partial charge on any atom is 0.263 e. The van der Waals surface area contributed by atoms with E-state index in [2.05, 4.69) is 18.3 Å². The molecule has 2 aliphatic heterocycles. The van der Waals surface area contributed by atoms with Crippen LogP contribution >= 0.6 is 12.2 Å². The highest BCUT2D eigenvalue weighted by Crippen LogP contribution is 2.49. The molecule has 1 spiro atoms. The molecule has 0 radical (unpaired) electrons. The summed E-state index contributed by atoms with van der Waals surface area (Å²) in [6.45, 7) is 2.12. The molecular weight excluding hydrogens is 282 g/mol. The van der Waals surface area contributed by atoms with Crippen LogP contribution in [0, 0.1) is 0 Å². The number of rotatable bonds is 2. The Morgan fingerprint density at radius 3 is 2.76 bits per heavy atom. The maximum atomic E-state index is 13.1. The van der Waals surface area contributed by atoms with E-state index in [9.17, 15) is 4.79 Å². The Labute approximate surface area is 130 Å². The number of benzene rings is 1. The Morgan fingerprint density at radius 2 is 2.05 bits per heavy atom. The van der Waals surface area contributed by atoms with Gasteiger partial charge in [0.25, 0.3) is 5.91 Å². The van der Waals surface area contributed by atoms with Crippen LogP contribution in [0.5, 0.6) is 0 Å². The highest BCUT2D eigenvalue weighted by atomic mass is 32.1. The first-order chi connectivity index (χ1) is 10.0. The number of carbonyl (C=O) groups excluding carboxylic acids is 1. The maximum absolute atomic E-state index is 13.1. The van der Waals surface area contributed by atoms with Crippen molar-refractivity contribution in [3.8, 4) is 0 Å². The molecule has 5 heteroatoms. The summed E-state index contributed by atoms with van der Waals surface area (Å²) in [5.74, 6) is 0.0425. The highest BCUT2D eigenvalue weighted by Gasteiger charge is 2.59. The molecule has 1 aromatic carbocycles. The minimum Gasteiger partial charge on any atom is -0.333 e. The number of hydrogen-bond donors (Lipinski definition) is 1. The van der Waals surface area contributed by atoms with Gasteiger partial charge in [0.1, 0.15) is 0 Å². The topological polar surface area (TPSA) is 35.6 Å². The number of unbranched alkanes of at least 4 members (excludes halogenated alkanes) is 1. The van der Waals surface area contributed by atoms with Crippen molar-refractivity contribution in [2.24, 2.45) is 0 Å². The van der Waals surface area contributed by atoms with Gasteiger partial charge in [-0.3, -0.25) is 4.79 Å². The van der Waals surface area contributed by atoms with Crippen LogP contribution in [-0.2, 0) is 10.3 Å². The lowest BCUT2D eigenvalue weighted by Crippen LogP contribution is -2.48. The molecule has 0 saturated carbocycles. The number of carbonyl (C=O) groups is 1. The van der Waals surface area contributed by atoms with Crippen molar-refractivity contribution in [2.75, 3.05) is 19.0 Å². The number of allylic oxidation sites excluding steroid dienone is 1. The average molecular weight is 301 g/mol. The molecule has 0 aliphatic carbocycles. The fourth-order valence-electron chi connectivity index (χ4n) is 3.23. The third kappa shape index (κ3) is 1.67. The predicted octanol–water partition coefficient (Wildman–Crippen LogP) is 2.36. The molecule has 0 aromatic heterocycles. The van der Waals surface area contributed by atoms with Gasteiger partial charge in [0.15, 0.2) is 10.7 Å². The number of fused-ring (bicyclic) bond motifs is 2. The Morgan fingerprint density at radius 1 is 1.33 bits per heavy atom. The Balaban J connectivity index is 2.26. The SMILES string of the molecule is CCC/C=C1\NC(=S)N(C)C12C(=O)N(C)c1ccccc12. The van der Waals surface area contributed by atoms with Crippen LogP contribution in [0.2, 0.25) is 0 Å². The van der Waals surface area contributed by atoms with Crippen molar-refractivity contribution in [2.45, 2.75) is 25.3 Å². The molecule has 1 N–H and O–H groups in total. The summed E-state index contributed by atoms with van der Waals surface area (Å²) in [5.41, 5.74) is 2.01. The summed E-state index contributed by atoms with van der Waals surface area (Å²) in [4.78, 5) is 16.7. The fraction of sp³-hybridized carbons (Fsp3) is 0.375. The van der Waals surface area contributed by atoms with Gasteiger partial charge in [-0.1, -0.05) is 37.6 Å². The smallest absolute Gasteiger partial charge is 0.263 e. The Hall–Kier alpha value is -1.88. The number of nitrogens with zero attached hydrogens (tertiary/aromatic N) is 2. The van der Waals surface area contributed by atoms with Crippen LogP contribution in [0.1, 0.15) is 25.3 Å². The number of anilines is 1. The summed E-state index contributed by atoms with van der Waals surface area (Å²) < 4.78 is 0. The Kier molecular flexibility index (Phi) is 3.24. The van der Waals surface area contributed by atoms with Crippen molar-refractivity contribution >= 4 is 28.9 Å². The average Bonchev–Trinajstić information content (AvgIpc) is 2.88. The van der Waals surface area contributed by atoms with Crippen molar-refractivity contribution in [3.63, 3.8) is 0 Å². The summed E-state index contributed by atoms with van der Waals surface area (Å²) >= 11 is 5.40. The first-order valence-corrected chi connectivity index (χ1v) is 7.59. The molecule has 1 aromatic rings. The summed E-state index contributed by atoms with van der Waals surface area (Å²) in [6, 6.07) is 7.93. The van der Waals surface area contributed by atoms with E-state index in [-0.39, 0.29) is 5.91 Å². The quantitative estimate of drug-likeness (QED) is 0.851. The number of amides is 1. The van der Waals surface area contributed by atoms with Gasteiger partial charge in [-0.25, -0.2) is 0 Å². The first-order valence-electron chi connectivity index (χ1n) is 7.18. The molecule has 0 bridgehead atoms. The van der Waals surface area contributed by atoms with E-state index in [1.165, 1.54) is 0 Å². The van der Waals surface area contributed by atoms with E-state index >= 15 is 0 Å². The minimum atomic E-state index is -0.822. The Bertz CT molecular complexity index is 655. The van der Waals surface area contributed by atoms with Gasteiger partial charge in [-0.05, 0) is 24.7 Å². The van der Waals surface area contributed by atoms with Gasteiger partial charge >= 0.3 is 0 Å². The summed E-state index contributed by atoms with van der Waals surface area (Å²) in [6.07, 6.45) is 4.05. The number of thiocarbonyl (C=S) groups is 1. The molecule has 1 amide bonds. The number of likely N-dealkylation sites (N-methyl/N-ethyl adjacent to an activating group) is 2. The van der Waals surface area contributed by atoms with Crippen LogP contribution < -0.4 is 10.2 Å². The second kappa shape index (κ2) is 4.84. The van der Waals surface area contributed by atoms with E-state index in [0.717, 1.165) is 29.8 Å². The van der Waals surface area contributed by atoms with Gasteiger partial charge < -0.3 is 15.1 Å². The van der Waals surface area contributed by atoms with Crippen molar-refractivity contribution < 1.29 is 4.79 Å². The van der Waals surface area contributed by atoms with Gasteiger partial charge in [0.2, 0.25) is 0 Å². The second-order valence-electron chi connectivity index (χ2n) is 5.49. The molecule has 1 atom stereocenters. The predicted molar refractivity (Wildman–Crippen MR) is 88.0 cm³/mol. The van der Waals surface area contributed by atoms with Crippen LogP contribution in [0.3, 0.4) is 0 Å². The molecule has 3 rings (SSSR count). The zero-order chi connectivity index (χ0) is 15.2. The highest BCUT2D eigenvalue weighted by molar-refractivity contribution is 7.80. The monoisotopic (exact) mass is 301 g/mol. The van der Waals surface area contributed by atoms with Crippen molar-refractivity contribution in [1.82, 2.24) is 10.2 Å². The van der Waals surface area contributed by atoms with E-state index in [0.29, 0.717) is 5.11 Å². The third-order valence-electron chi connectivity index (χ3n) is 4.35. The molecule has 1 saturated heterocycles. The molecule has 2 aliphatic rings. The molecular formula is C16H19N3OS. The number of nitrogens with one attached hydrogen (secondary N) is 1. The van der Waals surface area contributed by atoms with E-state index in [1.54, 1.807) is 4.90 Å². The third-order valence-corrected chi connectivity index (χ3v) is 4.72. The fourth-order valence-corrected chi connectivity index (χ4v) is 3.48.